The van der Waals surface area contributed by atoms with E-state index in [9.17, 15) is 26.3 Å². The minimum absolute atomic E-state index is 0.0479. The summed E-state index contributed by atoms with van der Waals surface area (Å²) in [6, 6.07) is 17.7. The van der Waals surface area contributed by atoms with E-state index in [1.807, 2.05) is 61.8 Å². The molecule has 4 aromatic rings. The van der Waals surface area contributed by atoms with Crippen LogP contribution in [-0.2, 0) is 25.2 Å². The minimum atomic E-state index is -4.89. The summed E-state index contributed by atoms with van der Waals surface area (Å²) in [5.41, 5.74) is 3.21. The lowest BCUT2D eigenvalue weighted by Gasteiger charge is -2.48. The fourth-order valence-corrected chi connectivity index (χ4v) is 8.24. The van der Waals surface area contributed by atoms with Crippen molar-refractivity contribution < 1.29 is 30.9 Å². The number of hydrogen-bond donors (Lipinski definition) is 0. The zero-order chi connectivity index (χ0) is 32.1. The Kier molecular flexibility index (Phi) is 6.27. The summed E-state index contributed by atoms with van der Waals surface area (Å²) < 4.78 is 90.4. The predicted octanol–water partition coefficient (Wildman–Crippen LogP) is 8.88. The number of pyridine rings is 1. The van der Waals surface area contributed by atoms with Crippen LogP contribution in [0.1, 0.15) is 57.4 Å². The van der Waals surface area contributed by atoms with Gasteiger partial charge in [0.1, 0.15) is 12.2 Å². The van der Waals surface area contributed by atoms with Crippen LogP contribution in [0.25, 0.3) is 28.1 Å². The molecule has 46 heavy (non-hydrogen) atoms. The maximum Gasteiger partial charge on any atom is 0.417 e. The third-order valence-corrected chi connectivity index (χ3v) is 10.2. The number of rotatable bonds is 1. The van der Waals surface area contributed by atoms with Crippen molar-refractivity contribution in [2.45, 2.75) is 56.7 Å². The van der Waals surface area contributed by atoms with Gasteiger partial charge >= 0.3 is 12.4 Å². The van der Waals surface area contributed by atoms with Gasteiger partial charge in [-0.05, 0) is 72.7 Å². The Morgan fingerprint density at radius 3 is 2.33 bits per heavy atom. The fourth-order valence-electron chi connectivity index (χ4n) is 8.24. The molecule has 0 N–H and O–H groups in total. The molecule has 3 unspecified atom stereocenters. The van der Waals surface area contributed by atoms with Gasteiger partial charge in [-0.1, -0.05) is 48.5 Å². The number of aromatic nitrogens is 1. The number of aryl methyl sites for hydroxylation is 1. The molecule has 8 rings (SSSR count). The number of nitrogens with zero attached hydrogens (tertiary/aromatic N) is 3. The van der Waals surface area contributed by atoms with E-state index in [0.717, 1.165) is 35.2 Å². The Labute approximate surface area is 262 Å². The SMILES string of the molecule is C=C1C2C(CCc3c(C(F)(F)F)ccc(C(F)(F)F)c3-c3cc(-c4ccccc4)c(C)c[n+]31)c1cccc3c1C1N(C=CN21)CC3. The summed E-state index contributed by atoms with van der Waals surface area (Å²) in [5.74, 6) is -0.308. The first-order chi connectivity index (χ1) is 21.9. The molecule has 0 spiro atoms. The van der Waals surface area contributed by atoms with Crippen molar-refractivity contribution in [3.63, 3.8) is 0 Å². The molecule has 1 aromatic heterocycles. The molecule has 5 heterocycles. The lowest BCUT2D eigenvalue weighted by Crippen LogP contribution is -2.53. The number of fused-ring (bicyclic) bond motifs is 6. The number of halogens is 6. The lowest BCUT2D eigenvalue weighted by atomic mass is 9.75. The van der Waals surface area contributed by atoms with Crippen molar-refractivity contribution in [2.75, 3.05) is 6.54 Å². The molecule has 4 aliphatic heterocycles. The van der Waals surface area contributed by atoms with Crippen molar-refractivity contribution in [1.82, 2.24) is 9.80 Å². The van der Waals surface area contributed by atoms with Gasteiger partial charge in [0.05, 0.1) is 16.7 Å². The third kappa shape index (κ3) is 4.23. The van der Waals surface area contributed by atoms with Crippen LogP contribution in [0, 0.1) is 6.92 Å². The van der Waals surface area contributed by atoms with Crippen molar-refractivity contribution in [2.24, 2.45) is 0 Å². The molecular formula is C37H30F6N3+. The highest BCUT2D eigenvalue weighted by atomic mass is 19.4. The van der Waals surface area contributed by atoms with Crippen LogP contribution in [0.3, 0.4) is 0 Å². The molecule has 0 saturated carbocycles. The lowest BCUT2D eigenvalue weighted by molar-refractivity contribution is -0.574. The molecule has 9 heteroatoms. The van der Waals surface area contributed by atoms with Gasteiger partial charge in [0, 0.05) is 42.1 Å². The molecule has 0 bridgehead atoms. The number of alkyl halides is 6. The Hall–Kier alpha value is -4.53. The molecule has 3 aromatic carbocycles. The normalized spacial score (nSPS) is 21.5. The molecule has 0 radical (unpaired) electrons. The summed E-state index contributed by atoms with van der Waals surface area (Å²) in [6.07, 6.45) is -3.18. The standard InChI is InChI=1S/C37H30F6N3/c1-21-20-46-22(2)34-26(25-10-6-9-24-15-16-44-17-18-45(34)35(44)32(24)25)11-12-27-29(36(38,39)40)13-14-30(37(41,42)43)33(27)31(46)19-28(21)23-7-4-3-5-8-23/h3-10,13-14,17-20,26,34-35H,2,11-12,15-16H2,1H3/q+1. The van der Waals surface area contributed by atoms with E-state index in [4.69, 9.17) is 0 Å². The zero-order valence-electron chi connectivity index (χ0n) is 25.0. The van der Waals surface area contributed by atoms with Crippen molar-refractivity contribution in [3.8, 4) is 22.4 Å². The summed E-state index contributed by atoms with van der Waals surface area (Å²) in [6.45, 7) is 7.21. The van der Waals surface area contributed by atoms with Gasteiger partial charge < -0.3 is 9.80 Å². The third-order valence-electron chi connectivity index (χ3n) is 10.2. The van der Waals surface area contributed by atoms with Crippen LogP contribution in [0.15, 0.2) is 91.9 Å². The van der Waals surface area contributed by atoms with E-state index in [1.54, 1.807) is 16.8 Å². The average molecular weight is 631 g/mol. The molecular weight excluding hydrogens is 600 g/mol. The first kappa shape index (κ1) is 28.9. The Morgan fingerprint density at radius 2 is 1.59 bits per heavy atom. The Bertz CT molecular complexity index is 1940. The Balaban J connectivity index is 1.46. The fraction of sp³-hybridized carbons (Fsp3) is 0.270. The first-order valence-electron chi connectivity index (χ1n) is 15.4. The predicted molar refractivity (Wildman–Crippen MR) is 163 cm³/mol. The Morgan fingerprint density at radius 1 is 0.848 bits per heavy atom. The van der Waals surface area contributed by atoms with E-state index in [-0.39, 0.29) is 36.2 Å². The van der Waals surface area contributed by atoms with Crippen LogP contribution in [0.5, 0.6) is 0 Å². The molecule has 234 valence electrons. The van der Waals surface area contributed by atoms with Crippen molar-refractivity contribution in [1.29, 1.82) is 0 Å². The highest BCUT2D eigenvalue weighted by Crippen LogP contribution is 2.53. The van der Waals surface area contributed by atoms with Gasteiger partial charge in [-0.25, -0.2) is 0 Å². The van der Waals surface area contributed by atoms with Crippen molar-refractivity contribution in [3.05, 3.63) is 131 Å². The van der Waals surface area contributed by atoms with E-state index >= 15 is 0 Å². The van der Waals surface area contributed by atoms with E-state index in [0.29, 0.717) is 23.4 Å². The zero-order valence-corrected chi connectivity index (χ0v) is 25.0. The number of benzene rings is 3. The van der Waals surface area contributed by atoms with Crippen LogP contribution < -0.4 is 4.57 Å². The van der Waals surface area contributed by atoms with Crippen LogP contribution in [0.2, 0.25) is 0 Å². The summed E-state index contributed by atoms with van der Waals surface area (Å²) in [7, 11) is 0. The van der Waals surface area contributed by atoms with Gasteiger partial charge in [0.2, 0.25) is 11.4 Å². The highest BCUT2D eigenvalue weighted by Gasteiger charge is 2.51. The van der Waals surface area contributed by atoms with E-state index in [1.165, 1.54) is 5.56 Å². The smallest absolute Gasteiger partial charge is 0.352 e. The van der Waals surface area contributed by atoms with Gasteiger partial charge in [-0.15, -0.1) is 0 Å². The molecule has 0 fully saturated rings. The number of hydrogen-bond acceptors (Lipinski definition) is 2. The molecule has 0 saturated heterocycles. The van der Waals surface area contributed by atoms with Gasteiger partial charge in [0.25, 0.3) is 0 Å². The van der Waals surface area contributed by atoms with Crippen LogP contribution >= 0.6 is 0 Å². The maximum atomic E-state index is 14.9. The maximum absolute atomic E-state index is 14.9. The van der Waals surface area contributed by atoms with Crippen LogP contribution in [-0.4, -0.2) is 22.4 Å². The highest BCUT2D eigenvalue weighted by molar-refractivity contribution is 5.76. The van der Waals surface area contributed by atoms with Gasteiger partial charge in [0.15, 0.2) is 6.20 Å². The summed E-state index contributed by atoms with van der Waals surface area (Å²) in [5, 5.41) is 0. The molecule has 0 aliphatic carbocycles. The quantitative estimate of drug-likeness (QED) is 0.154. The topological polar surface area (TPSA) is 10.4 Å². The van der Waals surface area contributed by atoms with Gasteiger partial charge in [-0.3, -0.25) is 0 Å². The second kappa shape index (κ2) is 9.98. The second-order valence-corrected chi connectivity index (χ2v) is 12.6. The summed E-state index contributed by atoms with van der Waals surface area (Å²) >= 11 is 0. The molecule has 3 nitrogen and oxygen atoms in total. The van der Waals surface area contributed by atoms with Crippen molar-refractivity contribution >= 4 is 5.70 Å². The van der Waals surface area contributed by atoms with E-state index in [2.05, 4.69) is 22.4 Å². The molecule has 3 atom stereocenters. The molecule has 4 aliphatic rings. The minimum Gasteiger partial charge on any atom is -0.352 e. The van der Waals surface area contributed by atoms with E-state index < -0.39 is 35.1 Å². The first-order valence-corrected chi connectivity index (χ1v) is 15.4. The largest absolute Gasteiger partial charge is 0.417 e. The van der Waals surface area contributed by atoms with Gasteiger partial charge in [-0.2, -0.15) is 30.9 Å². The molecule has 0 amide bonds. The second-order valence-electron chi connectivity index (χ2n) is 12.6. The summed E-state index contributed by atoms with van der Waals surface area (Å²) in [4.78, 5) is 4.47. The van der Waals surface area contributed by atoms with Crippen LogP contribution in [0.4, 0.5) is 26.3 Å². The monoisotopic (exact) mass is 630 g/mol. The average Bonchev–Trinajstić information content (AvgIpc) is 3.47.